The Morgan fingerprint density at radius 1 is 0.656 bits per heavy atom. The summed E-state index contributed by atoms with van der Waals surface area (Å²) in [6, 6.07) is 10.2. The van der Waals surface area contributed by atoms with Crippen LogP contribution in [0.3, 0.4) is 0 Å². The number of sulfonamides is 3. The molecule has 6 aromatic heterocycles. The van der Waals surface area contributed by atoms with E-state index in [0.717, 1.165) is 38.5 Å². The second-order valence-corrected chi connectivity index (χ2v) is 22.7. The molecule has 1 atom stereocenters. The van der Waals surface area contributed by atoms with Gasteiger partial charge in [0.2, 0.25) is 0 Å². The summed E-state index contributed by atoms with van der Waals surface area (Å²) in [6.07, 6.45) is 10.5. The van der Waals surface area contributed by atoms with Gasteiger partial charge in [0.15, 0.2) is 32.0 Å². The quantitative estimate of drug-likeness (QED) is 0.108. The minimum Gasteiger partial charge on any atom is -0.263 e. The van der Waals surface area contributed by atoms with Crippen molar-refractivity contribution in [2.75, 3.05) is 6.54 Å². The fourth-order valence-electron chi connectivity index (χ4n) is 8.10. The third-order valence-electron chi connectivity index (χ3n) is 11.5. The van der Waals surface area contributed by atoms with Gasteiger partial charge in [-0.1, -0.05) is 48.5 Å². The molecule has 1 unspecified atom stereocenters. The van der Waals surface area contributed by atoms with Crippen molar-refractivity contribution in [3.05, 3.63) is 55.0 Å². The van der Waals surface area contributed by atoms with E-state index < -0.39 is 30.1 Å². The Kier molecular flexibility index (Phi) is 14.0. The molecule has 7 heterocycles. The van der Waals surface area contributed by atoms with E-state index in [1.165, 1.54) is 4.31 Å². The molecular formula is C40H58N12O6S3. The van der Waals surface area contributed by atoms with Crippen LogP contribution in [0.4, 0.5) is 0 Å². The van der Waals surface area contributed by atoms with Gasteiger partial charge in [0.05, 0.1) is 16.2 Å². The number of hydrogen-bond acceptors (Lipinski definition) is 12. The lowest BCUT2D eigenvalue weighted by Gasteiger charge is -2.37. The van der Waals surface area contributed by atoms with Crippen molar-refractivity contribution in [2.45, 2.75) is 127 Å². The number of hydrogen-bond donors (Lipinski definition) is 5. The molecule has 332 valence electrons. The average Bonchev–Trinajstić information content (AvgIpc) is 4.03. The van der Waals surface area contributed by atoms with E-state index in [1.54, 1.807) is 55.0 Å². The number of aromatic nitrogens is 9. The number of pyridine rings is 3. The fraction of sp³-hybridized carbons (Fsp3) is 0.550. The summed E-state index contributed by atoms with van der Waals surface area (Å²) in [7, 11) is -10.7. The first-order valence-corrected chi connectivity index (χ1v) is 25.0. The first-order chi connectivity index (χ1) is 28.7. The predicted octanol–water partition coefficient (Wildman–Crippen LogP) is 5.89. The van der Waals surface area contributed by atoms with Gasteiger partial charge in [-0.15, -0.1) is 0 Å². The molecule has 2 fully saturated rings. The van der Waals surface area contributed by atoms with E-state index in [0.29, 0.717) is 45.6 Å². The van der Waals surface area contributed by atoms with Crippen LogP contribution in [0, 0.1) is 23.2 Å². The predicted molar refractivity (Wildman–Crippen MR) is 234 cm³/mol. The van der Waals surface area contributed by atoms with Gasteiger partial charge >= 0.3 is 0 Å². The van der Waals surface area contributed by atoms with Crippen molar-refractivity contribution in [2.24, 2.45) is 23.2 Å². The van der Waals surface area contributed by atoms with E-state index in [-0.39, 0.29) is 50.5 Å². The molecule has 1 saturated heterocycles. The Morgan fingerprint density at radius 3 is 1.52 bits per heavy atom. The summed E-state index contributed by atoms with van der Waals surface area (Å²) in [5, 5.41) is 21.6. The second-order valence-electron chi connectivity index (χ2n) is 17.6. The maximum absolute atomic E-state index is 12.6. The van der Waals surface area contributed by atoms with Crippen molar-refractivity contribution in [3.63, 3.8) is 0 Å². The first kappa shape index (κ1) is 46.1. The highest BCUT2D eigenvalue weighted by Gasteiger charge is 2.36. The van der Waals surface area contributed by atoms with Crippen molar-refractivity contribution in [3.8, 4) is 0 Å². The number of nitrogens with zero attached hydrogens (tertiary/aromatic N) is 7. The molecule has 1 saturated carbocycles. The Bertz CT molecular complexity index is 2740. The highest BCUT2D eigenvalue weighted by Crippen LogP contribution is 2.38. The van der Waals surface area contributed by atoms with Gasteiger partial charge in [-0.05, 0) is 105 Å². The second kappa shape index (κ2) is 18.5. The molecule has 5 N–H and O–H groups in total. The van der Waals surface area contributed by atoms with Gasteiger partial charge < -0.3 is 0 Å². The van der Waals surface area contributed by atoms with Crippen molar-refractivity contribution >= 4 is 63.2 Å². The number of nitrogens with one attached hydrogen (secondary N) is 5. The van der Waals surface area contributed by atoms with Crippen LogP contribution in [0.2, 0.25) is 0 Å². The van der Waals surface area contributed by atoms with Crippen LogP contribution in [0.15, 0.2) is 70.1 Å². The summed E-state index contributed by atoms with van der Waals surface area (Å²) in [5.74, 6) is 1.06. The van der Waals surface area contributed by atoms with Crippen LogP contribution in [0.5, 0.6) is 0 Å². The van der Waals surface area contributed by atoms with E-state index in [2.05, 4.69) is 75.8 Å². The zero-order valence-electron chi connectivity index (χ0n) is 35.9. The standard InChI is InChI=1S/C16H24N4O2S.C13H20N4O2S.C11H14N4O2S/c1-16(2,3)11-6-8-12(9-7-11)20-23(21,22)15-13-5-4-10-17-14(13)18-19-15;1-8(2)11(9(3)4)17-20(18,19)13-10-6-5-7-14-12(10)15-16-13;1-8-4-3-7-15(8)18(16,17)11-9-5-2-6-12-10(9)13-14-11/h4-5,10-12,20H,6-9H2,1-3H3,(H,17,18,19);5-9,11,17H,1-4H3,(H,14,15,16);2,5-6,8H,3-4,7H2,1H3,(H,12,13,14). The molecule has 6 aromatic rings. The molecule has 0 aromatic carbocycles. The zero-order chi connectivity index (χ0) is 44.3. The smallest absolute Gasteiger partial charge is 0.260 e. The van der Waals surface area contributed by atoms with E-state index in [1.807, 2.05) is 34.6 Å². The van der Waals surface area contributed by atoms with Gasteiger partial charge in [0.25, 0.3) is 30.1 Å². The molecule has 1 aliphatic heterocycles. The number of H-pyrrole nitrogens is 3. The lowest BCUT2D eigenvalue weighted by molar-refractivity contribution is 0.166. The van der Waals surface area contributed by atoms with Crippen LogP contribution in [0.1, 0.15) is 93.9 Å². The maximum atomic E-state index is 12.6. The van der Waals surface area contributed by atoms with Gasteiger partial charge in [-0.3, -0.25) is 15.3 Å². The summed E-state index contributed by atoms with van der Waals surface area (Å²) in [6.45, 7) is 17.3. The minimum atomic E-state index is -3.64. The number of aromatic amines is 3. The van der Waals surface area contributed by atoms with E-state index in [4.69, 9.17) is 0 Å². The van der Waals surface area contributed by atoms with E-state index >= 15 is 0 Å². The normalized spacial score (nSPS) is 19.4. The SMILES string of the molecule is CC(C)(C)C1CCC(NS(=O)(=O)c2[nH]nc3ncccc23)CC1.CC(C)C(NS(=O)(=O)c1[nH]nc2ncccc12)C(C)C.CC1CCCN1S(=O)(=O)c1[nH]nc2ncccc12. The van der Waals surface area contributed by atoms with Crippen LogP contribution in [-0.4, -0.2) is 99.8 Å². The van der Waals surface area contributed by atoms with Gasteiger partial charge in [-0.2, -0.15) is 19.6 Å². The third-order valence-corrected chi connectivity index (χ3v) is 16.4. The molecular weight excluding hydrogens is 841 g/mol. The lowest BCUT2D eigenvalue weighted by Crippen LogP contribution is -2.42. The maximum Gasteiger partial charge on any atom is 0.260 e. The molecule has 1 aliphatic carbocycles. The molecule has 0 amide bonds. The van der Waals surface area contributed by atoms with Crippen LogP contribution in [-0.2, 0) is 30.1 Å². The highest BCUT2D eigenvalue weighted by atomic mass is 32.2. The fourth-order valence-corrected chi connectivity index (χ4v) is 12.9. The zero-order valence-corrected chi connectivity index (χ0v) is 38.4. The molecule has 0 radical (unpaired) electrons. The van der Waals surface area contributed by atoms with Crippen LogP contribution < -0.4 is 9.44 Å². The largest absolute Gasteiger partial charge is 0.263 e. The topological polar surface area (TPSA) is 254 Å². The minimum absolute atomic E-state index is 0.00591. The Balaban J connectivity index is 0.000000154. The monoisotopic (exact) mass is 898 g/mol. The van der Waals surface area contributed by atoms with Crippen molar-refractivity contribution in [1.82, 2.24) is 59.3 Å². The molecule has 8 rings (SSSR count). The summed E-state index contributed by atoms with van der Waals surface area (Å²) >= 11 is 0. The highest BCUT2D eigenvalue weighted by molar-refractivity contribution is 7.90. The van der Waals surface area contributed by atoms with Crippen molar-refractivity contribution < 1.29 is 25.3 Å². The molecule has 0 bridgehead atoms. The van der Waals surface area contributed by atoms with Crippen LogP contribution in [0.25, 0.3) is 33.1 Å². The molecule has 2 aliphatic rings. The first-order valence-electron chi connectivity index (χ1n) is 20.6. The average molecular weight is 899 g/mol. The van der Waals surface area contributed by atoms with Gasteiger partial charge in [-0.25, -0.2) is 49.6 Å². The summed E-state index contributed by atoms with van der Waals surface area (Å²) in [5.41, 5.74) is 1.54. The molecule has 18 nitrogen and oxygen atoms in total. The molecule has 0 spiro atoms. The van der Waals surface area contributed by atoms with Gasteiger partial charge in [0.1, 0.15) is 0 Å². The Morgan fingerprint density at radius 2 is 1.10 bits per heavy atom. The lowest BCUT2D eigenvalue weighted by atomic mass is 9.71. The number of fused-ring (bicyclic) bond motifs is 3. The van der Waals surface area contributed by atoms with Crippen LogP contribution >= 0.6 is 0 Å². The Labute approximate surface area is 358 Å². The van der Waals surface area contributed by atoms with Crippen molar-refractivity contribution in [1.29, 1.82) is 0 Å². The van der Waals surface area contributed by atoms with Gasteiger partial charge in [0, 0.05) is 43.3 Å². The third kappa shape index (κ3) is 10.5. The molecule has 21 heteroatoms. The molecule has 61 heavy (non-hydrogen) atoms. The number of rotatable bonds is 10. The Hall–Kier alpha value is -4.41. The summed E-state index contributed by atoms with van der Waals surface area (Å²) < 4.78 is 82.5. The van der Waals surface area contributed by atoms with E-state index in [9.17, 15) is 25.3 Å². The summed E-state index contributed by atoms with van der Waals surface area (Å²) in [4.78, 5) is 12.1.